The number of carbonyl (C=O) groups is 1. The van der Waals surface area contributed by atoms with E-state index in [0.29, 0.717) is 5.92 Å². The maximum absolute atomic E-state index is 11.4. The molecule has 1 aliphatic heterocycles. The van der Waals surface area contributed by atoms with E-state index in [1.54, 1.807) is 7.05 Å². The van der Waals surface area contributed by atoms with Gasteiger partial charge in [-0.15, -0.1) is 0 Å². The van der Waals surface area contributed by atoms with Crippen LogP contribution in [0.25, 0.3) is 0 Å². The summed E-state index contributed by atoms with van der Waals surface area (Å²) in [6.45, 7) is 5.19. The van der Waals surface area contributed by atoms with E-state index < -0.39 is 0 Å². The van der Waals surface area contributed by atoms with E-state index in [4.69, 9.17) is 0 Å². The second-order valence-corrected chi connectivity index (χ2v) is 4.44. The van der Waals surface area contributed by atoms with E-state index in [1.807, 2.05) is 14.0 Å². The van der Waals surface area contributed by atoms with Gasteiger partial charge in [0.1, 0.15) is 0 Å². The summed E-state index contributed by atoms with van der Waals surface area (Å²) in [7, 11) is 3.71. The van der Waals surface area contributed by atoms with Gasteiger partial charge in [0.2, 0.25) is 5.91 Å². The summed E-state index contributed by atoms with van der Waals surface area (Å²) in [6, 6.07) is -0.0306. The van der Waals surface area contributed by atoms with E-state index >= 15 is 0 Å². The Labute approximate surface area is 92.4 Å². The molecule has 0 bridgehead atoms. The van der Waals surface area contributed by atoms with Crippen molar-refractivity contribution in [3.05, 3.63) is 0 Å². The number of likely N-dealkylation sites (N-methyl/N-ethyl adjacent to an activating group) is 2. The van der Waals surface area contributed by atoms with Crippen molar-refractivity contribution in [2.75, 3.05) is 33.7 Å². The smallest absolute Gasteiger partial charge is 0.236 e. The van der Waals surface area contributed by atoms with E-state index in [-0.39, 0.29) is 11.9 Å². The van der Waals surface area contributed by atoms with Gasteiger partial charge in [-0.1, -0.05) is 0 Å². The lowest BCUT2D eigenvalue weighted by atomic mass is 9.99. The molecule has 1 saturated heterocycles. The molecule has 15 heavy (non-hydrogen) atoms. The average molecular weight is 213 g/mol. The molecule has 2 N–H and O–H groups in total. The third kappa shape index (κ3) is 3.80. The molecule has 1 heterocycles. The van der Waals surface area contributed by atoms with E-state index in [9.17, 15) is 4.79 Å². The molecule has 88 valence electrons. The first-order valence-corrected chi connectivity index (χ1v) is 5.77. The van der Waals surface area contributed by atoms with Crippen molar-refractivity contribution in [2.24, 2.45) is 5.92 Å². The Morgan fingerprint density at radius 2 is 2.40 bits per heavy atom. The Morgan fingerprint density at radius 1 is 1.67 bits per heavy atom. The Balaban J connectivity index is 2.32. The Kier molecular flexibility index (Phi) is 5.05. The second-order valence-electron chi connectivity index (χ2n) is 4.44. The molecule has 0 radical (unpaired) electrons. The average Bonchev–Trinajstić information content (AvgIpc) is 2.28. The third-order valence-corrected chi connectivity index (χ3v) is 3.23. The Morgan fingerprint density at radius 3 is 2.93 bits per heavy atom. The van der Waals surface area contributed by atoms with Crippen LogP contribution in [0.3, 0.4) is 0 Å². The number of amides is 1. The monoisotopic (exact) mass is 213 g/mol. The zero-order chi connectivity index (χ0) is 11.3. The van der Waals surface area contributed by atoms with Gasteiger partial charge in [-0.3, -0.25) is 9.69 Å². The van der Waals surface area contributed by atoms with E-state index in [2.05, 4.69) is 15.5 Å². The van der Waals surface area contributed by atoms with E-state index in [0.717, 1.165) is 19.6 Å². The molecule has 0 spiro atoms. The fraction of sp³-hybridized carbons (Fsp3) is 0.909. The van der Waals surface area contributed by atoms with Gasteiger partial charge in [-0.25, -0.2) is 0 Å². The highest BCUT2D eigenvalue weighted by atomic mass is 16.2. The lowest BCUT2D eigenvalue weighted by molar-refractivity contribution is -0.125. The highest BCUT2D eigenvalue weighted by Crippen LogP contribution is 2.12. The molecule has 1 rings (SSSR count). The number of rotatable bonds is 4. The van der Waals surface area contributed by atoms with Gasteiger partial charge in [0.05, 0.1) is 6.04 Å². The summed E-state index contributed by atoms with van der Waals surface area (Å²) in [5.74, 6) is 0.789. The molecule has 4 nitrogen and oxygen atoms in total. The van der Waals surface area contributed by atoms with Gasteiger partial charge in [-0.2, -0.15) is 0 Å². The summed E-state index contributed by atoms with van der Waals surface area (Å²) in [5.41, 5.74) is 0. The van der Waals surface area contributed by atoms with Crippen LogP contribution in [0.4, 0.5) is 0 Å². The molecule has 0 aromatic rings. The minimum atomic E-state index is -0.0306. The largest absolute Gasteiger partial charge is 0.358 e. The normalized spacial score (nSPS) is 23.9. The van der Waals surface area contributed by atoms with Gasteiger partial charge >= 0.3 is 0 Å². The summed E-state index contributed by atoms with van der Waals surface area (Å²) >= 11 is 0. The van der Waals surface area contributed by atoms with Crippen LogP contribution in [0.1, 0.15) is 19.8 Å². The van der Waals surface area contributed by atoms with Gasteiger partial charge in [0.25, 0.3) is 0 Å². The van der Waals surface area contributed by atoms with Crippen LogP contribution in [-0.2, 0) is 4.79 Å². The number of nitrogens with one attached hydrogen (secondary N) is 2. The van der Waals surface area contributed by atoms with Crippen LogP contribution in [0.2, 0.25) is 0 Å². The first kappa shape index (κ1) is 12.5. The van der Waals surface area contributed by atoms with Gasteiger partial charge in [0, 0.05) is 13.6 Å². The van der Waals surface area contributed by atoms with Crippen molar-refractivity contribution in [3.63, 3.8) is 0 Å². The number of piperidine rings is 1. The quantitative estimate of drug-likeness (QED) is 0.694. The third-order valence-electron chi connectivity index (χ3n) is 3.23. The molecule has 0 saturated carbocycles. The van der Waals surface area contributed by atoms with Crippen molar-refractivity contribution in [2.45, 2.75) is 25.8 Å². The fourth-order valence-corrected chi connectivity index (χ4v) is 2.05. The van der Waals surface area contributed by atoms with Crippen molar-refractivity contribution in [1.29, 1.82) is 0 Å². The fourth-order valence-electron chi connectivity index (χ4n) is 2.05. The predicted molar refractivity (Wildman–Crippen MR) is 61.8 cm³/mol. The molecular formula is C11H23N3O. The zero-order valence-corrected chi connectivity index (χ0v) is 10.0. The summed E-state index contributed by atoms with van der Waals surface area (Å²) < 4.78 is 0. The molecule has 1 fully saturated rings. The second kappa shape index (κ2) is 6.08. The van der Waals surface area contributed by atoms with Crippen LogP contribution < -0.4 is 10.6 Å². The summed E-state index contributed by atoms with van der Waals surface area (Å²) in [5, 5.41) is 6.08. The highest BCUT2D eigenvalue weighted by Gasteiger charge is 2.21. The van der Waals surface area contributed by atoms with Crippen LogP contribution in [0.5, 0.6) is 0 Å². The predicted octanol–water partition coefficient (Wildman–Crippen LogP) is 0.0523. The van der Waals surface area contributed by atoms with Crippen LogP contribution >= 0.6 is 0 Å². The van der Waals surface area contributed by atoms with Crippen molar-refractivity contribution in [3.8, 4) is 0 Å². The lowest BCUT2D eigenvalue weighted by Crippen LogP contribution is -2.46. The van der Waals surface area contributed by atoms with Crippen molar-refractivity contribution in [1.82, 2.24) is 15.5 Å². The minimum Gasteiger partial charge on any atom is -0.358 e. The Bertz CT molecular complexity index is 202. The molecular weight excluding hydrogens is 190 g/mol. The number of hydrogen-bond acceptors (Lipinski definition) is 3. The molecule has 1 aliphatic rings. The molecule has 2 atom stereocenters. The maximum Gasteiger partial charge on any atom is 0.236 e. The first-order chi connectivity index (χ1) is 7.15. The van der Waals surface area contributed by atoms with Crippen LogP contribution in [0.15, 0.2) is 0 Å². The Hall–Kier alpha value is -0.610. The lowest BCUT2D eigenvalue weighted by Gasteiger charge is -2.30. The minimum absolute atomic E-state index is 0.0306. The van der Waals surface area contributed by atoms with Gasteiger partial charge in [0.15, 0.2) is 0 Å². The van der Waals surface area contributed by atoms with E-state index in [1.165, 1.54) is 12.8 Å². The topological polar surface area (TPSA) is 44.4 Å². The zero-order valence-electron chi connectivity index (χ0n) is 10.0. The number of hydrogen-bond donors (Lipinski definition) is 2. The SMILES string of the molecule is CNC(=O)C(C)N(C)CC1CCCNC1. The highest BCUT2D eigenvalue weighted by molar-refractivity contribution is 5.80. The number of nitrogens with zero attached hydrogens (tertiary/aromatic N) is 1. The summed E-state index contributed by atoms with van der Waals surface area (Å²) in [4.78, 5) is 13.6. The summed E-state index contributed by atoms with van der Waals surface area (Å²) in [6.07, 6.45) is 2.53. The molecule has 0 aliphatic carbocycles. The van der Waals surface area contributed by atoms with Crippen LogP contribution in [-0.4, -0.2) is 50.6 Å². The van der Waals surface area contributed by atoms with Gasteiger partial charge in [-0.05, 0) is 45.8 Å². The van der Waals surface area contributed by atoms with Crippen LogP contribution in [0, 0.1) is 5.92 Å². The van der Waals surface area contributed by atoms with Crippen molar-refractivity contribution < 1.29 is 4.79 Å². The van der Waals surface area contributed by atoms with Gasteiger partial charge < -0.3 is 10.6 Å². The molecule has 2 unspecified atom stereocenters. The molecule has 4 heteroatoms. The number of carbonyl (C=O) groups excluding carboxylic acids is 1. The van der Waals surface area contributed by atoms with Crippen molar-refractivity contribution >= 4 is 5.91 Å². The molecule has 1 amide bonds. The maximum atomic E-state index is 11.4. The molecule has 0 aromatic carbocycles. The molecule has 0 aromatic heterocycles. The first-order valence-electron chi connectivity index (χ1n) is 5.77. The standard InChI is InChI=1S/C11H23N3O/c1-9(11(15)12-2)14(3)8-10-5-4-6-13-7-10/h9-10,13H,4-8H2,1-3H3,(H,12,15).